The van der Waals surface area contributed by atoms with Gasteiger partial charge < -0.3 is 19.7 Å². The van der Waals surface area contributed by atoms with Gasteiger partial charge in [0.1, 0.15) is 4.88 Å². The number of nitrogens with zero attached hydrogens (tertiary/aromatic N) is 2. The highest BCUT2D eigenvalue weighted by Gasteiger charge is 2.52. The molecule has 39 heavy (non-hydrogen) atoms. The number of benzene rings is 3. The van der Waals surface area contributed by atoms with Gasteiger partial charge in [-0.05, 0) is 68.7 Å². The van der Waals surface area contributed by atoms with E-state index in [0.717, 1.165) is 42.7 Å². The van der Waals surface area contributed by atoms with Gasteiger partial charge in [0.15, 0.2) is 16.6 Å². The Balaban J connectivity index is 1.30. The summed E-state index contributed by atoms with van der Waals surface area (Å²) in [5.74, 6) is 1.11. The van der Waals surface area contributed by atoms with Crippen molar-refractivity contribution >= 4 is 33.8 Å². The number of aromatic nitrogens is 1. The van der Waals surface area contributed by atoms with Crippen molar-refractivity contribution in [2.45, 2.75) is 32.1 Å². The van der Waals surface area contributed by atoms with Gasteiger partial charge in [0.25, 0.3) is 0 Å². The Bertz CT molecular complexity index is 1520. The molecule has 1 N–H and O–H groups in total. The molecule has 4 aromatic rings. The highest BCUT2D eigenvalue weighted by Crippen LogP contribution is 2.51. The number of thiazole rings is 1. The van der Waals surface area contributed by atoms with Crippen LogP contribution in [0.1, 0.15) is 47.5 Å². The molecule has 2 heterocycles. The van der Waals surface area contributed by atoms with Crippen LogP contribution in [0.4, 0.5) is 10.8 Å². The third-order valence-electron chi connectivity index (χ3n) is 7.47. The van der Waals surface area contributed by atoms with Crippen molar-refractivity contribution in [1.82, 2.24) is 4.98 Å². The monoisotopic (exact) mass is 539 g/mol. The molecule has 0 atom stereocenters. The molecule has 6 rings (SSSR count). The molecule has 0 bridgehead atoms. The van der Waals surface area contributed by atoms with Crippen LogP contribution in [0.25, 0.3) is 11.3 Å². The van der Waals surface area contributed by atoms with Gasteiger partial charge in [-0.3, -0.25) is 9.59 Å². The maximum absolute atomic E-state index is 13.7. The van der Waals surface area contributed by atoms with Crippen molar-refractivity contribution in [1.29, 1.82) is 0 Å². The van der Waals surface area contributed by atoms with Crippen LogP contribution in [0.5, 0.6) is 11.5 Å². The van der Waals surface area contributed by atoms with Gasteiger partial charge in [-0.1, -0.05) is 47.7 Å². The van der Waals surface area contributed by atoms with Crippen LogP contribution in [-0.2, 0) is 10.2 Å². The predicted octanol–water partition coefficient (Wildman–Crippen LogP) is 6.29. The lowest BCUT2D eigenvalue weighted by atomic mass is 9.94. The average Bonchev–Trinajstić information content (AvgIpc) is 3.47. The van der Waals surface area contributed by atoms with Gasteiger partial charge in [0.05, 0.1) is 11.1 Å². The van der Waals surface area contributed by atoms with E-state index in [4.69, 9.17) is 14.5 Å². The van der Waals surface area contributed by atoms with Gasteiger partial charge in [-0.15, -0.1) is 0 Å². The number of fused-ring (bicyclic) bond motifs is 1. The largest absolute Gasteiger partial charge is 0.454 e. The van der Waals surface area contributed by atoms with Crippen LogP contribution >= 0.6 is 11.3 Å². The zero-order valence-corrected chi connectivity index (χ0v) is 22.7. The Kier molecular flexibility index (Phi) is 6.56. The number of hydrogen-bond donors (Lipinski definition) is 1. The zero-order valence-electron chi connectivity index (χ0n) is 21.9. The molecule has 7 nitrogen and oxygen atoms in total. The molecule has 0 saturated heterocycles. The van der Waals surface area contributed by atoms with Gasteiger partial charge in [-0.2, -0.15) is 0 Å². The van der Waals surface area contributed by atoms with E-state index in [9.17, 15) is 9.59 Å². The second-order valence-electron chi connectivity index (χ2n) is 9.72. The van der Waals surface area contributed by atoms with E-state index in [0.29, 0.717) is 32.8 Å². The Morgan fingerprint density at radius 2 is 1.67 bits per heavy atom. The predicted molar refractivity (Wildman–Crippen MR) is 153 cm³/mol. The van der Waals surface area contributed by atoms with Gasteiger partial charge in [-0.25, -0.2) is 4.98 Å². The minimum atomic E-state index is -0.635. The quantitative estimate of drug-likeness (QED) is 0.252. The number of carbonyl (C=O) groups is 2. The van der Waals surface area contributed by atoms with Gasteiger partial charge in [0.2, 0.25) is 18.5 Å². The lowest BCUT2D eigenvalue weighted by Crippen LogP contribution is -2.27. The molecule has 3 aromatic carbocycles. The molecule has 1 aliphatic heterocycles. The molecule has 8 heteroatoms. The number of rotatable bonds is 9. The molecule has 0 radical (unpaired) electrons. The summed E-state index contributed by atoms with van der Waals surface area (Å²) in [6.07, 6.45) is 1.47. The second-order valence-corrected chi connectivity index (χ2v) is 10.7. The summed E-state index contributed by atoms with van der Waals surface area (Å²) in [6.45, 7) is 6.20. The highest BCUT2D eigenvalue weighted by molar-refractivity contribution is 7.18. The SMILES string of the molecule is CCN(CC)c1ccc(C(=O)c2sc(NC(=O)C3(c4ccc5c(c4)OCO5)CC3)nc2-c2ccccc2)cc1. The number of anilines is 2. The average molecular weight is 540 g/mol. The molecule has 1 fully saturated rings. The number of hydrogen-bond acceptors (Lipinski definition) is 7. The van der Waals surface area contributed by atoms with E-state index in [-0.39, 0.29) is 18.5 Å². The third kappa shape index (κ3) is 4.65. The Morgan fingerprint density at radius 1 is 0.949 bits per heavy atom. The molecule has 2 aliphatic rings. The van der Waals surface area contributed by atoms with E-state index in [1.54, 1.807) is 0 Å². The van der Waals surface area contributed by atoms with Crippen molar-refractivity contribution in [2.24, 2.45) is 0 Å². The fraction of sp³-hybridized carbons (Fsp3) is 0.258. The topological polar surface area (TPSA) is 80.8 Å². The van der Waals surface area contributed by atoms with Crippen LogP contribution in [0.3, 0.4) is 0 Å². The summed E-state index contributed by atoms with van der Waals surface area (Å²) in [7, 11) is 0. The van der Waals surface area contributed by atoms with E-state index in [2.05, 4.69) is 24.1 Å². The smallest absolute Gasteiger partial charge is 0.236 e. The lowest BCUT2D eigenvalue weighted by Gasteiger charge is -2.20. The standard InChI is InChI=1S/C31H29N3O4S/c1-3-34(4-2)23-13-10-21(11-14-23)27(35)28-26(20-8-6-5-7-9-20)32-30(39-28)33-29(36)31(16-17-31)22-12-15-24-25(18-22)38-19-37-24/h5-15,18H,3-4,16-17,19H2,1-2H3,(H,32,33,36). The Morgan fingerprint density at radius 3 is 2.36 bits per heavy atom. The van der Waals surface area contributed by atoms with E-state index >= 15 is 0 Å². The summed E-state index contributed by atoms with van der Waals surface area (Å²) < 4.78 is 10.9. The third-order valence-corrected chi connectivity index (χ3v) is 8.44. The van der Waals surface area contributed by atoms with Crippen molar-refractivity contribution in [3.05, 3.63) is 88.8 Å². The summed E-state index contributed by atoms with van der Waals surface area (Å²) in [5, 5.41) is 3.44. The zero-order chi connectivity index (χ0) is 27.0. The first kappa shape index (κ1) is 25.1. The maximum atomic E-state index is 13.7. The molecular formula is C31H29N3O4S. The first-order valence-electron chi connectivity index (χ1n) is 13.2. The van der Waals surface area contributed by atoms with Crippen LogP contribution in [-0.4, -0.2) is 36.6 Å². The van der Waals surface area contributed by atoms with E-state index in [1.165, 1.54) is 11.3 Å². The fourth-order valence-corrected chi connectivity index (χ4v) is 5.99. The van der Waals surface area contributed by atoms with Crippen LogP contribution in [0.2, 0.25) is 0 Å². The van der Waals surface area contributed by atoms with Crippen molar-refractivity contribution < 1.29 is 19.1 Å². The molecule has 198 valence electrons. The van der Waals surface area contributed by atoms with Gasteiger partial charge in [0, 0.05) is 29.9 Å². The van der Waals surface area contributed by atoms with Crippen molar-refractivity contribution in [2.75, 3.05) is 30.1 Å². The first-order chi connectivity index (χ1) is 19.0. The minimum Gasteiger partial charge on any atom is -0.454 e. The number of amides is 1. The van der Waals surface area contributed by atoms with Crippen molar-refractivity contribution in [3.63, 3.8) is 0 Å². The second kappa shape index (κ2) is 10.2. The summed E-state index contributed by atoms with van der Waals surface area (Å²) in [4.78, 5) is 34.7. The van der Waals surface area contributed by atoms with Gasteiger partial charge >= 0.3 is 0 Å². The number of nitrogens with one attached hydrogen (secondary N) is 1. The van der Waals surface area contributed by atoms with Crippen LogP contribution in [0.15, 0.2) is 72.8 Å². The molecule has 0 unspecified atom stereocenters. The van der Waals surface area contributed by atoms with E-state index in [1.807, 2.05) is 72.8 Å². The summed E-state index contributed by atoms with van der Waals surface area (Å²) in [5.41, 5.74) is 3.33. The maximum Gasteiger partial charge on any atom is 0.236 e. The fourth-order valence-electron chi connectivity index (χ4n) is 5.05. The normalized spacial score (nSPS) is 14.6. The van der Waals surface area contributed by atoms with E-state index < -0.39 is 5.41 Å². The van der Waals surface area contributed by atoms with Crippen molar-refractivity contribution in [3.8, 4) is 22.8 Å². The molecular weight excluding hydrogens is 510 g/mol. The summed E-state index contributed by atoms with van der Waals surface area (Å²) in [6, 6.07) is 23.0. The number of ether oxygens (including phenoxy) is 2. The molecule has 1 aromatic heterocycles. The first-order valence-corrected chi connectivity index (χ1v) is 14.0. The summed E-state index contributed by atoms with van der Waals surface area (Å²) >= 11 is 1.22. The molecule has 1 aliphatic carbocycles. The lowest BCUT2D eigenvalue weighted by molar-refractivity contribution is -0.118. The minimum absolute atomic E-state index is 0.116. The van der Waals surface area contributed by atoms with Crippen LogP contribution < -0.4 is 19.7 Å². The highest BCUT2D eigenvalue weighted by atomic mass is 32.1. The number of carbonyl (C=O) groups excluding carboxylic acids is 2. The molecule has 1 saturated carbocycles. The van der Waals surface area contributed by atoms with Crippen LogP contribution in [0, 0.1) is 0 Å². The Labute approximate surface area is 231 Å². The molecule has 1 amide bonds. The number of ketones is 1. The Hall–Kier alpha value is -4.17. The molecule has 0 spiro atoms.